The number of amides is 1. The minimum Gasteiger partial charge on any atom is -0.457 e. The van der Waals surface area contributed by atoms with Crippen molar-refractivity contribution in [2.45, 2.75) is 27.3 Å². The number of ether oxygens (including phenoxy) is 1. The van der Waals surface area contributed by atoms with Crippen LogP contribution in [-0.2, 0) is 6.54 Å². The third kappa shape index (κ3) is 4.94. The Kier molecular flexibility index (Phi) is 6.57. The van der Waals surface area contributed by atoms with E-state index in [0.717, 1.165) is 16.8 Å². The number of pyridine rings is 1. The third-order valence-corrected chi connectivity index (χ3v) is 6.22. The van der Waals surface area contributed by atoms with Gasteiger partial charge in [0.25, 0.3) is 11.6 Å². The highest BCUT2D eigenvalue weighted by molar-refractivity contribution is 6.13. The molecule has 0 bridgehead atoms. The number of para-hydroxylation sites is 1. The summed E-state index contributed by atoms with van der Waals surface area (Å²) in [4.78, 5) is 29.5. The van der Waals surface area contributed by atoms with Crippen LogP contribution in [0.3, 0.4) is 0 Å². The van der Waals surface area contributed by atoms with E-state index in [1.165, 1.54) is 12.1 Å². The molecule has 0 aliphatic rings. The molecule has 1 N–H and O–H groups in total. The largest absolute Gasteiger partial charge is 0.457 e. The first-order valence-electron chi connectivity index (χ1n) is 12.1. The van der Waals surface area contributed by atoms with E-state index in [4.69, 9.17) is 9.72 Å². The number of benzene rings is 3. The molecule has 0 aliphatic heterocycles. The second-order valence-corrected chi connectivity index (χ2v) is 8.88. The molecule has 1 amide bonds. The highest BCUT2D eigenvalue weighted by Crippen LogP contribution is 2.32. The Labute approximate surface area is 218 Å². The second-order valence-electron chi connectivity index (χ2n) is 8.88. The maximum Gasteiger partial charge on any atom is 0.275 e. The SMILES string of the molecule is CCn1ncc(-c2cc(C(=O)Nc3cc(Oc4cccc(C)c4)cc([N+](=O)[O-])c3)c3ccccc3n2)c1C. The summed E-state index contributed by atoms with van der Waals surface area (Å²) in [5.41, 5.74) is 4.46. The number of nitrogens with zero attached hydrogens (tertiary/aromatic N) is 4. The van der Waals surface area contributed by atoms with Crippen molar-refractivity contribution < 1.29 is 14.5 Å². The van der Waals surface area contributed by atoms with Gasteiger partial charge in [0, 0.05) is 35.3 Å². The van der Waals surface area contributed by atoms with Gasteiger partial charge in [-0.3, -0.25) is 19.6 Å². The highest BCUT2D eigenvalue weighted by atomic mass is 16.6. The summed E-state index contributed by atoms with van der Waals surface area (Å²) in [6.45, 7) is 6.61. The van der Waals surface area contributed by atoms with Crippen LogP contribution in [0.1, 0.15) is 28.5 Å². The molecule has 190 valence electrons. The van der Waals surface area contributed by atoms with Crippen molar-refractivity contribution in [2.75, 3.05) is 5.32 Å². The van der Waals surface area contributed by atoms with Crippen LogP contribution in [0.4, 0.5) is 11.4 Å². The summed E-state index contributed by atoms with van der Waals surface area (Å²) >= 11 is 0. The average molecular weight is 508 g/mol. The van der Waals surface area contributed by atoms with Crippen molar-refractivity contribution >= 4 is 28.2 Å². The Morgan fingerprint density at radius 3 is 2.58 bits per heavy atom. The Morgan fingerprint density at radius 1 is 1.03 bits per heavy atom. The molecule has 0 radical (unpaired) electrons. The monoisotopic (exact) mass is 507 g/mol. The number of hydrogen-bond acceptors (Lipinski definition) is 6. The lowest BCUT2D eigenvalue weighted by atomic mass is 10.0. The van der Waals surface area contributed by atoms with Crippen LogP contribution in [0.15, 0.2) is 79.0 Å². The van der Waals surface area contributed by atoms with Gasteiger partial charge in [-0.2, -0.15) is 5.10 Å². The summed E-state index contributed by atoms with van der Waals surface area (Å²) < 4.78 is 7.74. The molecule has 0 aliphatic carbocycles. The molecule has 0 unspecified atom stereocenters. The first-order chi connectivity index (χ1) is 18.3. The van der Waals surface area contributed by atoms with Crippen molar-refractivity contribution in [3.8, 4) is 22.8 Å². The topological polar surface area (TPSA) is 112 Å². The fraction of sp³-hybridized carbons (Fsp3) is 0.138. The van der Waals surface area contributed by atoms with E-state index in [0.29, 0.717) is 34.5 Å². The van der Waals surface area contributed by atoms with Crippen LogP contribution in [-0.4, -0.2) is 25.6 Å². The number of nitro benzene ring substituents is 1. The van der Waals surface area contributed by atoms with Crippen molar-refractivity contribution in [1.82, 2.24) is 14.8 Å². The molecule has 0 atom stereocenters. The van der Waals surface area contributed by atoms with Crippen LogP contribution in [0.25, 0.3) is 22.2 Å². The van der Waals surface area contributed by atoms with Gasteiger partial charge >= 0.3 is 0 Å². The number of nitrogens with one attached hydrogen (secondary N) is 1. The molecule has 9 heteroatoms. The zero-order valence-corrected chi connectivity index (χ0v) is 21.1. The van der Waals surface area contributed by atoms with Gasteiger partial charge in [-0.25, -0.2) is 4.98 Å². The first-order valence-corrected chi connectivity index (χ1v) is 12.1. The number of aromatic nitrogens is 3. The number of anilines is 1. The van der Waals surface area contributed by atoms with Crippen molar-refractivity contribution in [2.24, 2.45) is 0 Å². The van der Waals surface area contributed by atoms with Gasteiger partial charge in [-0.05, 0) is 50.6 Å². The third-order valence-electron chi connectivity index (χ3n) is 6.22. The molecule has 0 saturated heterocycles. The fourth-order valence-corrected chi connectivity index (χ4v) is 4.35. The number of fused-ring (bicyclic) bond motifs is 1. The van der Waals surface area contributed by atoms with E-state index in [9.17, 15) is 14.9 Å². The van der Waals surface area contributed by atoms with E-state index in [1.807, 2.05) is 67.9 Å². The summed E-state index contributed by atoms with van der Waals surface area (Å²) in [6, 6.07) is 20.6. The Morgan fingerprint density at radius 2 is 1.84 bits per heavy atom. The minimum absolute atomic E-state index is 0.201. The molecular formula is C29H25N5O4. The number of non-ortho nitro benzene ring substituents is 1. The maximum absolute atomic E-state index is 13.6. The summed E-state index contributed by atoms with van der Waals surface area (Å²) in [7, 11) is 0. The molecule has 5 rings (SSSR count). The van der Waals surface area contributed by atoms with Gasteiger partial charge in [0.1, 0.15) is 11.5 Å². The number of hydrogen-bond donors (Lipinski definition) is 1. The van der Waals surface area contributed by atoms with E-state index in [2.05, 4.69) is 10.4 Å². The van der Waals surface area contributed by atoms with Crippen molar-refractivity contribution in [1.29, 1.82) is 0 Å². The van der Waals surface area contributed by atoms with Gasteiger partial charge < -0.3 is 10.1 Å². The second kappa shape index (κ2) is 10.1. The molecule has 5 aromatic rings. The lowest BCUT2D eigenvalue weighted by Crippen LogP contribution is -2.13. The van der Waals surface area contributed by atoms with Crippen LogP contribution in [0, 0.1) is 24.0 Å². The molecular weight excluding hydrogens is 482 g/mol. The quantitative estimate of drug-likeness (QED) is 0.194. The Balaban J connectivity index is 1.53. The van der Waals surface area contributed by atoms with Gasteiger partial charge in [0.15, 0.2) is 0 Å². The number of nitro groups is 1. The predicted octanol–water partition coefficient (Wildman–Crippen LogP) is 6.69. The minimum atomic E-state index is -0.521. The molecule has 0 spiro atoms. The zero-order chi connectivity index (χ0) is 26.8. The maximum atomic E-state index is 13.6. The molecule has 38 heavy (non-hydrogen) atoms. The van der Waals surface area contributed by atoms with E-state index in [1.54, 1.807) is 24.4 Å². The van der Waals surface area contributed by atoms with Gasteiger partial charge in [0.05, 0.1) is 39.6 Å². The van der Waals surface area contributed by atoms with Crippen molar-refractivity contribution in [3.63, 3.8) is 0 Å². The standard InChI is InChI=1S/C29H25N5O4/c1-4-33-19(3)26(17-30-33)28-16-25(24-10-5-6-11-27(24)32-28)29(35)31-20-13-21(34(36)37)15-23(14-20)38-22-9-7-8-18(2)12-22/h5-17H,4H2,1-3H3,(H,31,35). The van der Waals surface area contributed by atoms with Gasteiger partial charge in [-0.1, -0.05) is 30.3 Å². The summed E-state index contributed by atoms with van der Waals surface area (Å²) in [6.07, 6.45) is 1.74. The number of carbonyl (C=O) groups excluding carboxylic acids is 1. The van der Waals surface area contributed by atoms with E-state index < -0.39 is 10.8 Å². The molecule has 9 nitrogen and oxygen atoms in total. The van der Waals surface area contributed by atoms with Crippen LogP contribution < -0.4 is 10.1 Å². The number of carbonyl (C=O) groups is 1. The van der Waals surface area contributed by atoms with Crippen LogP contribution >= 0.6 is 0 Å². The number of rotatable bonds is 7. The first kappa shape index (κ1) is 24.6. The normalized spacial score (nSPS) is 10.9. The van der Waals surface area contributed by atoms with Crippen LogP contribution in [0.2, 0.25) is 0 Å². The number of aryl methyl sites for hydroxylation is 2. The van der Waals surface area contributed by atoms with Crippen LogP contribution in [0.5, 0.6) is 11.5 Å². The molecule has 3 aromatic carbocycles. The van der Waals surface area contributed by atoms with E-state index >= 15 is 0 Å². The smallest absolute Gasteiger partial charge is 0.275 e. The van der Waals surface area contributed by atoms with Gasteiger partial charge in [0.2, 0.25) is 0 Å². The fourth-order valence-electron chi connectivity index (χ4n) is 4.35. The molecule has 2 aromatic heterocycles. The van der Waals surface area contributed by atoms with E-state index in [-0.39, 0.29) is 17.1 Å². The molecule has 0 fully saturated rings. The molecule has 2 heterocycles. The summed E-state index contributed by atoms with van der Waals surface area (Å²) in [5, 5.41) is 19.5. The van der Waals surface area contributed by atoms with Gasteiger partial charge in [-0.15, -0.1) is 0 Å². The highest BCUT2D eigenvalue weighted by Gasteiger charge is 2.19. The Bertz CT molecular complexity index is 1690. The molecule has 0 saturated carbocycles. The predicted molar refractivity (Wildman–Crippen MR) is 146 cm³/mol. The lowest BCUT2D eigenvalue weighted by molar-refractivity contribution is -0.384. The Hall–Kier alpha value is -5.05. The van der Waals surface area contributed by atoms with Crippen molar-refractivity contribution in [3.05, 3.63) is 106 Å². The lowest BCUT2D eigenvalue weighted by Gasteiger charge is -2.12. The average Bonchev–Trinajstić information content (AvgIpc) is 3.28. The zero-order valence-electron chi connectivity index (χ0n) is 21.1. The summed E-state index contributed by atoms with van der Waals surface area (Å²) in [5.74, 6) is 0.353.